The lowest BCUT2D eigenvalue weighted by molar-refractivity contribution is 0.243. The van der Waals surface area contributed by atoms with Crippen molar-refractivity contribution < 1.29 is 0 Å². The van der Waals surface area contributed by atoms with E-state index in [9.17, 15) is 0 Å². The van der Waals surface area contributed by atoms with Crippen molar-refractivity contribution in [2.75, 3.05) is 26.2 Å². The molecule has 0 amide bonds. The first-order valence-corrected chi connectivity index (χ1v) is 25.4. The van der Waals surface area contributed by atoms with Gasteiger partial charge in [-0.25, -0.2) is 0 Å². The second-order valence-electron chi connectivity index (χ2n) is 17.4. The molecule has 0 saturated carbocycles. The number of unbranched alkanes of at least 4 members (excludes halogenated alkanes) is 20. The van der Waals surface area contributed by atoms with Gasteiger partial charge in [-0.1, -0.05) is 156 Å². The Bertz CT molecular complexity index is 1640. The summed E-state index contributed by atoms with van der Waals surface area (Å²) in [4.78, 5) is 19.9. The second-order valence-corrected chi connectivity index (χ2v) is 17.4. The van der Waals surface area contributed by atoms with E-state index in [0.29, 0.717) is 0 Å². The molecule has 0 N–H and O–H groups in total. The van der Waals surface area contributed by atoms with Gasteiger partial charge < -0.3 is 18.3 Å². The molecule has 0 saturated heterocycles. The van der Waals surface area contributed by atoms with Crippen molar-refractivity contribution in [3.8, 4) is 0 Å². The van der Waals surface area contributed by atoms with E-state index in [2.05, 4.69) is 144 Å². The number of rotatable bonds is 33. The fraction of sp³-hybridized carbons (Fsp3) is 0.630. The van der Waals surface area contributed by atoms with Crippen molar-refractivity contribution in [3.05, 3.63) is 120 Å². The average molecular weight is 847 g/mol. The monoisotopic (exact) mass is 847 g/mol. The fourth-order valence-electron chi connectivity index (χ4n) is 8.17. The first-order chi connectivity index (χ1) is 30.7. The van der Waals surface area contributed by atoms with E-state index in [1.165, 1.54) is 128 Å². The molecule has 0 aliphatic carbocycles. The van der Waals surface area contributed by atoms with Gasteiger partial charge in [-0.3, -0.25) is 20.0 Å². The molecule has 0 aromatic carbocycles. The highest BCUT2D eigenvalue weighted by atomic mass is 15.3. The van der Waals surface area contributed by atoms with Crippen LogP contribution in [0.3, 0.4) is 0 Å². The maximum absolute atomic E-state index is 4.98. The van der Waals surface area contributed by atoms with Crippen LogP contribution in [-0.4, -0.2) is 44.4 Å². The molecule has 0 unspecified atom stereocenters. The third-order valence-electron chi connectivity index (χ3n) is 12.1. The largest absolute Gasteiger partial charge is 0.330 e. The number of pyridine rings is 4. The minimum Gasteiger partial charge on any atom is -0.330 e. The Morgan fingerprint density at radius 2 is 0.452 bits per heavy atom. The molecule has 4 rings (SSSR count). The van der Waals surface area contributed by atoms with Crippen molar-refractivity contribution >= 4 is 0 Å². The SMILES string of the molecule is CCCCCCCCN=c1ccn(C(C(n2ccc(=NCCCCCCCC)cc2)n2ccc(=NCCCCCCCC)cc2)n2ccc(=NCCCCCCCC)cc2)cc1. The lowest BCUT2D eigenvalue weighted by Crippen LogP contribution is -2.34. The minimum absolute atomic E-state index is 0.151. The zero-order valence-electron chi connectivity index (χ0n) is 39.8. The van der Waals surface area contributed by atoms with Crippen molar-refractivity contribution in [2.45, 2.75) is 194 Å². The third kappa shape index (κ3) is 19.9. The Morgan fingerprint density at radius 3 is 0.645 bits per heavy atom. The Kier molecular flexibility index (Phi) is 26.4. The van der Waals surface area contributed by atoms with Crippen LogP contribution in [0.1, 0.15) is 194 Å². The van der Waals surface area contributed by atoms with Crippen LogP contribution in [0.5, 0.6) is 0 Å². The Morgan fingerprint density at radius 1 is 0.274 bits per heavy atom. The van der Waals surface area contributed by atoms with Crippen molar-refractivity contribution in [2.24, 2.45) is 20.0 Å². The van der Waals surface area contributed by atoms with Crippen molar-refractivity contribution in [3.63, 3.8) is 0 Å². The highest BCUT2D eigenvalue weighted by molar-refractivity contribution is 5.06. The van der Waals surface area contributed by atoms with Gasteiger partial charge >= 0.3 is 0 Å². The summed E-state index contributed by atoms with van der Waals surface area (Å²) in [6.07, 6.45) is 48.0. The smallest absolute Gasteiger partial charge is 0.149 e. The summed E-state index contributed by atoms with van der Waals surface area (Å²) in [5.74, 6) is 0. The van der Waals surface area contributed by atoms with E-state index in [4.69, 9.17) is 20.0 Å². The summed E-state index contributed by atoms with van der Waals surface area (Å²) in [7, 11) is 0. The maximum Gasteiger partial charge on any atom is 0.149 e. The zero-order valence-corrected chi connectivity index (χ0v) is 39.8. The van der Waals surface area contributed by atoms with Crippen LogP contribution < -0.4 is 21.4 Å². The molecule has 0 aliphatic heterocycles. The van der Waals surface area contributed by atoms with Crippen LogP contribution in [0.4, 0.5) is 0 Å². The van der Waals surface area contributed by atoms with Crippen LogP contribution in [0.25, 0.3) is 0 Å². The Labute approximate surface area is 376 Å². The zero-order chi connectivity index (χ0) is 43.7. The fourth-order valence-corrected chi connectivity index (χ4v) is 8.17. The Hall–Kier alpha value is -4.20. The van der Waals surface area contributed by atoms with Gasteiger partial charge in [-0.15, -0.1) is 0 Å². The Balaban J connectivity index is 1.67. The van der Waals surface area contributed by atoms with Gasteiger partial charge in [0.2, 0.25) is 0 Å². The summed E-state index contributed by atoms with van der Waals surface area (Å²) in [5, 5.41) is 4.14. The molecule has 8 heteroatoms. The van der Waals surface area contributed by atoms with Crippen LogP contribution in [0.2, 0.25) is 0 Å². The van der Waals surface area contributed by atoms with Crippen molar-refractivity contribution in [1.29, 1.82) is 0 Å². The molecular formula is C54H86N8. The number of nitrogens with zero attached hydrogens (tertiary/aromatic N) is 8. The van der Waals surface area contributed by atoms with Gasteiger partial charge in [-0.2, -0.15) is 0 Å². The van der Waals surface area contributed by atoms with Crippen LogP contribution in [0.15, 0.2) is 118 Å². The van der Waals surface area contributed by atoms with E-state index in [1.54, 1.807) is 0 Å². The van der Waals surface area contributed by atoms with E-state index in [1.807, 2.05) is 0 Å². The molecule has 0 radical (unpaired) electrons. The first kappa shape index (κ1) is 50.4. The highest BCUT2D eigenvalue weighted by Gasteiger charge is 2.26. The maximum atomic E-state index is 4.98. The topological polar surface area (TPSA) is 69.2 Å². The lowest BCUT2D eigenvalue weighted by atomic mass is 10.1. The van der Waals surface area contributed by atoms with Gasteiger partial charge in [0, 0.05) is 75.8 Å². The summed E-state index contributed by atoms with van der Waals surface area (Å²) < 4.78 is 9.31. The minimum atomic E-state index is -0.151. The molecule has 342 valence electrons. The van der Waals surface area contributed by atoms with E-state index in [-0.39, 0.29) is 12.3 Å². The molecule has 4 aromatic heterocycles. The van der Waals surface area contributed by atoms with Gasteiger partial charge in [-0.05, 0) is 74.2 Å². The van der Waals surface area contributed by atoms with E-state index in [0.717, 1.165) is 73.3 Å². The van der Waals surface area contributed by atoms with E-state index >= 15 is 0 Å². The molecule has 0 spiro atoms. The van der Waals surface area contributed by atoms with Gasteiger partial charge in [0.15, 0.2) is 0 Å². The predicted molar refractivity (Wildman–Crippen MR) is 262 cm³/mol. The summed E-state index contributed by atoms with van der Waals surface area (Å²) >= 11 is 0. The second kappa shape index (κ2) is 32.5. The average Bonchev–Trinajstić information content (AvgIpc) is 3.31. The molecule has 4 aromatic rings. The number of hydrogen-bond acceptors (Lipinski definition) is 4. The quantitative estimate of drug-likeness (QED) is 0.0429. The van der Waals surface area contributed by atoms with Crippen LogP contribution in [0, 0.1) is 0 Å². The number of hydrogen-bond donors (Lipinski definition) is 0. The molecular weight excluding hydrogens is 761 g/mol. The molecule has 0 atom stereocenters. The molecule has 62 heavy (non-hydrogen) atoms. The number of aromatic nitrogens is 4. The molecule has 0 bridgehead atoms. The van der Waals surface area contributed by atoms with Gasteiger partial charge in [0.05, 0.1) is 21.4 Å². The van der Waals surface area contributed by atoms with Gasteiger partial charge in [0.1, 0.15) is 12.3 Å². The van der Waals surface area contributed by atoms with Crippen LogP contribution in [-0.2, 0) is 0 Å². The van der Waals surface area contributed by atoms with Crippen molar-refractivity contribution in [1.82, 2.24) is 18.3 Å². The standard InChI is InChI=1S/C54H86N8/c1-5-9-13-17-21-25-37-55-49-29-41-59(42-30-49)53(60-43-31-50(32-44-60)56-38-26-22-18-14-10-6-2)54(61-45-33-51(34-46-61)57-39-27-23-19-15-11-7-3)62-47-35-52(36-48-62)58-40-28-24-20-16-12-8-4/h29-36,41-48,53-54H,5-28,37-40H2,1-4H3. The highest BCUT2D eigenvalue weighted by Crippen LogP contribution is 2.26. The molecule has 0 fully saturated rings. The summed E-state index contributed by atoms with van der Waals surface area (Å²) in [6.45, 7) is 12.6. The normalized spacial score (nSPS) is 11.4. The first-order valence-electron chi connectivity index (χ1n) is 25.4. The molecule has 4 heterocycles. The van der Waals surface area contributed by atoms with E-state index < -0.39 is 0 Å². The third-order valence-corrected chi connectivity index (χ3v) is 12.1. The summed E-state index contributed by atoms with van der Waals surface area (Å²) in [6, 6.07) is 17.4. The predicted octanol–water partition coefficient (Wildman–Crippen LogP) is 12.7. The van der Waals surface area contributed by atoms with Gasteiger partial charge in [0.25, 0.3) is 0 Å². The van der Waals surface area contributed by atoms with Crippen LogP contribution >= 0.6 is 0 Å². The molecule has 0 aliphatic rings. The molecule has 8 nitrogen and oxygen atoms in total. The summed E-state index contributed by atoms with van der Waals surface area (Å²) in [5.41, 5.74) is 0. The lowest BCUT2D eigenvalue weighted by Gasteiger charge is -2.35.